The molecule has 1 aromatic rings. The highest BCUT2D eigenvalue weighted by Crippen LogP contribution is 2.35. The van der Waals surface area contributed by atoms with Crippen LogP contribution in [0.2, 0.25) is 0 Å². The van der Waals surface area contributed by atoms with Crippen LogP contribution in [0.25, 0.3) is 0 Å². The highest BCUT2D eigenvalue weighted by Gasteiger charge is 2.23. The summed E-state index contributed by atoms with van der Waals surface area (Å²) >= 11 is 3.67. The van der Waals surface area contributed by atoms with E-state index in [1.54, 1.807) is 0 Å². The fourth-order valence-electron chi connectivity index (χ4n) is 3.58. The van der Waals surface area contributed by atoms with Gasteiger partial charge in [-0.2, -0.15) is 0 Å². The average molecular weight is 308 g/mol. The van der Waals surface area contributed by atoms with Crippen LogP contribution in [0.3, 0.4) is 0 Å². The van der Waals surface area contributed by atoms with Crippen molar-refractivity contribution in [3.05, 3.63) is 33.8 Å². The Balaban J connectivity index is 1.54. The molecule has 1 aromatic carbocycles. The van der Waals surface area contributed by atoms with Gasteiger partial charge >= 0.3 is 0 Å². The predicted octanol–water partition coefficient (Wildman–Crippen LogP) is 4.61. The molecule has 1 nitrogen and oxygen atoms in total. The molecule has 0 bridgehead atoms. The van der Waals surface area contributed by atoms with Gasteiger partial charge in [0.1, 0.15) is 0 Å². The van der Waals surface area contributed by atoms with Crippen molar-refractivity contribution in [1.29, 1.82) is 0 Å². The van der Waals surface area contributed by atoms with Gasteiger partial charge in [-0.15, -0.1) is 0 Å². The molecule has 0 saturated heterocycles. The zero-order valence-electron chi connectivity index (χ0n) is 10.9. The minimum absolute atomic E-state index is 0.596. The molecule has 0 amide bonds. The second-order valence-electron chi connectivity index (χ2n) is 5.79. The van der Waals surface area contributed by atoms with E-state index in [0.29, 0.717) is 6.04 Å². The van der Waals surface area contributed by atoms with Crippen LogP contribution in [-0.2, 0) is 6.42 Å². The molecule has 0 aromatic heterocycles. The van der Waals surface area contributed by atoms with Crippen LogP contribution in [0, 0.1) is 5.92 Å². The van der Waals surface area contributed by atoms with Gasteiger partial charge < -0.3 is 5.32 Å². The van der Waals surface area contributed by atoms with Crippen LogP contribution in [0.15, 0.2) is 22.7 Å². The molecule has 1 N–H and O–H groups in total. The molecule has 0 spiro atoms. The zero-order chi connectivity index (χ0) is 12.4. The van der Waals surface area contributed by atoms with Gasteiger partial charge in [0.2, 0.25) is 0 Å². The Kier molecular flexibility index (Phi) is 4.05. The summed E-state index contributed by atoms with van der Waals surface area (Å²) in [4.78, 5) is 0. The first-order valence-electron chi connectivity index (χ1n) is 7.35. The summed E-state index contributed by atoms with van der Waals surface area (Å²) in [6.07, 6.45) is 9.72. The SMILES string of the molecule is Brc1cccc2c1CCC2NCCC1CCCC1. The van der Waals surface area contributed by atoms with Crippen LogP contribution < -0.4 is 5.32 Å². The maximum absolute atomic E-state index is 3.77. The lowest BCUT2D eigenvalue weighted by Gasteiger charge is -2.16. The molecule has 0 heterocycles. The molecular formula is C16H22BrN. The highest BCUT2D eigenvalue weighted by molar-refractivity contribution is 9.10. The Morgan fingerprint density at radius 1 is 1.17 bits per heavy atom. The van der Waals surface area contributed by atoms with Crippen molar-refractivity contribution in [1.82, 2.24) is 5.32 Å². The number of hydrogen-bond donors (Lipinski definition) is 1. The Morgan fingerprint density at radius 2 is 2.00 bits per heavy atom. The molecule has 1 unspecified atom stereocenters. The lowest BCUT2D eigenvalue weighted by atomic mass is 10.0. The molecular weight excluding hydrogens is 286 g/mol. The van der Waals surface area contributed by atoms with E-state index in [0.717, 1.165) is 5.92 Å². The van der Waals surface area contributed by atoms with Crippen LogP contribution in [0.4, 0.5) is 0 Å². The summed E-state index contributed by atoms with van der Waals surface area (Å²) in [5.41, 5.74) is 3.05. The van der Waals surface area contributed by atoms with Gasteiger partial charge in [0.15, 0.2) is 0 Å². The first-order chi connectivity index (χ1) is 8.84. The van der Waals surface area contributed by atoms with E-state index in [9.17, 15) is 0 Å². The van der Waals surface area contributed by atoms with E-state index in [1.807, 2.05) is 0 Å². The average Bonchev–Trinajstić information content (AvgIpc) is 3.00. The van der Waals surface area contributed by atoms with Gasteiger partial charge in [-0.3, -0.25) is 0 Å². The minimum Gasteiger partial charge on any atom is -0.310 e. The van der Waals surface area contributed by atoms with Crippen molar-refractivity contribution < 1.29 is 0 Å². The summed E-state index contributed by atoms with van der Waals surface area (Å²) in [6, 6.07) is 7.22. The Hall–Kier alpha value is -0.340. The summed E-state index contributed by atoms with van der Waals surface area (Å²) in [5.74, 6) is 1.00. The van der Waals surface area contributed by atoms with Crippen LogP contribution in [0.1, 0.15) is 55.7 Å². The largest absolute Gasteiger partial charge is 0.310 e. The molecule has 2 aliphatic carbocycles. The van der Waals surface area contributed by atoms with Gasteiger partial charge in [0.05, 0.1) is 0 Å². The van der Waals surface area contributed by atoms with Crippen molar-refractivity contribution in [2.75, 3.05) is 6.54 Å². The minimum atomic E-state index is 0.596. The molecule has 1 saturated carbocycles. The lowest BCUT2D eigenvalue weighted by Crippen LogP contribution is -2.21. The number of benzene rings is 1. The maximum Gasteiger partial charge on any atom is 0.0326 e. The number of fused-ring (bicyclic) bond motifs is 1. The van der Waals surface area contributed by atoms with E-state index in [2.05, 4.69) is 39.4 Å². The summed E-state index contributed by atoms with van der Waals surface area (Å²) in [7, 11) is 0. The summed E-state index contributed by atoms with van der Waals surface area (Å²) in [6.45, 7) is 1.20. The monoisotopic (exact) mass is 307 g/mol. The van der Waals surface area contributed by atoms with E-state index in [1.165, 1.54) is 67.1 Å². The van der Waals surface area contributed by atoms with Crippen LogP contribution >= 0.6 is 15.9 Å². The van der Waals surface area contributed by atoms with Gasteiger partial charge in [0, 0.05) is 10.5 Å². The Labute approximate surface area is 118 Å². The van der Waals surface area contributed by atoms with E-state index in [4.69, 9.17) is 0 Å². The van der Waals surface area contributed by atoms with Crippen molar-refractivity contribution in [3.8, 4) is 0 Å². The fraction of sp³-hybridized carbons (Fsp3) is 0.625. The van der Waals surface area contributed by atoms with Crippen LogP contribution in [0.5, 0.6) is 0 Å². The van der Waals surface area contributed by atoms with Crippen LogP contribution in [-0.4, -0.2) is 6.54 Å². The third-order valence-corrected chi connectivity index (χ3v) is 5.37. The molecule has 0 aliphatic heterocycles. The Morgan fingerprint density at radius 3 is 2.83 bits per heavy atom. The maximum atomic E-state index is 3.77. The van der Waals surface area contributed by atoms with Crippen molar-refractivity contribution in [2.45, 2.75) is 51.0 Å². The third kappa shape index (κ3) is 2.65. The van der Waals surface area contributed by atoms with Crippen molar-refractivity contribution in [3.63, 3.8) is 0 Å². The number of hydrogen-bond acceptors (Lipinski definition) is 1. The molecule has 0 radical (unpaired) electrons. The topological polar surface area (TPSA) is 12.0 Å². The number of halogens is 1. The van der Waals surface area contributed by atoms with Gasteiger partial charge in [0.25, 0.3) is 0 Å². The van der Waals surface area contributed by atoms with Crippen molar-refractivity contribution >= 4 is 15.9 Å². The van der Waals surface area contributed by atoms with Gasteiger partial charge in [-0.1, -0.05) is 53.7 Å². The standard InChI is InChI=1S/C16H22BrN/c17-15-7-3-6-14-13(15)8-9-16(14)18-11-10-12-4-1-2-5-12/h3,6-7,12,16,18H,1-2,4-5,8-11H2. The Bertz CT molecular complexity index is 410. The second kappa shape index (κ2) is 5.75. The van der Waals surface area contributed by atoms with Gasteiger partial charge in [-0.25, -0.2) is 0 Å². The summed E-state index contributed by atoms with van der Waals surface area (Å²) in [5, 5.41) is 3.77. The molecule has 2 heteroatoms. The number of nitrogens with one attached hydrogen (secondary N) is 1. The number of rotatable bonds is 4. The lowest BCUT2D eigenvalue weighted by molar-refractivity contribution is 0.443. The van der Waals surface area contributed by atoms with Gasteiger partial charge in [-0.05, 0) is 48.9 Å². The molecule has 1 fully saturated rings. The van der Waals surface area contributed by atoms with E-state index >= 15 is 0 Å². The second-order valence-corrected chi connectivity index (χ2v) is 6.65. The molecule has 1 atom stereocenters. The highest BCUT2D eigenvalue weighted by atomic mass is 79.9. The third-order valence-electron chi connectivity index (χ3n) is 4.63. The fourth-order valence-corrected chi connectivity index (χ4v) is 4.16. The molecule has 18 heavy (non-hydrogen) atoms. The quantitative estimate of drug-likeness (QED) is 0.856. The predicted molar refractivity (Wildman–Crippen MR) is 79.8 cm³/mol. The zero-order valence-corrected chi connectivity index (χ0v) is 12.5. The molecule has 3 rings (SSSR count). The first-order valence-corrected chi connectivity index (χ1v) is 8.14. The summed E-state index contributed by atoms with van der Waals surface area (Å²) < 4.78 is 1.29. The first kappa shape index (κ1) is 12.7. The molecule has 2 aliphatic rings. The molecule has 98 valence electrons. The van der Waals surface area contributed by atoms with E-state index < -0.39 is 0 Å². The normalized spacial score (nSPS) is 23.5. The van der Waals surface area contributed by atoms with E-state index in [-0.39, 0.29) is 0 Å². The van der Waals surface area contributed by atoms with Crippen molar-refractivity contribution in [2.24, 2.45) is 5.92 Å². The smallest absolute Gasteiger partial charge is 0.0326 e.